The van der Waals surface area contributed by atoms with Crippen LogP contribution in [0.15, 0.2) is 46.5 Å². The number of ether oxygens (including phenoxy) is 1. The molecule has 8 nitrogen and oxygen atoms in total. The number of benzene rings is 1. The maximum absolute atomic E-state index is 12.5. The molecule has 1 aliphatic rings. The van der Waals surface area contributed by atoms with Gasteiger partial charge in [-0.15, -0.1) is 0 Å². The fourth-order valence-electron chi connectivity index (χ4n) is 2.73. The first-order valence-electron chi connectivity index (χ1n) is 7.64. The van der Waals surface area contributed by atoms with Crippen molar-refractivity contribution < 1.29 is 19.4 Å². The number of rotatable bonds is 5. The van der Waals surface area contributed by atoms with Gasteiger partial charge in [-0.25, -0.2) is 4.79 Å². The monoisotopic (exact) mass is 343 g/mol. The van der Waals surface area contributed by atoms with Crippen LogP contribution in [0.3, 0.4) is 0 Å². The summed E-state index contributed by atoms with van der Waals surface area (Å²) in [5.41, 5.74) is 0.648. The van der Waals surface area contributed by atoms with Crippen LogP contribution in [0.2, 0.25) is 0 Å². The molecule has 25 heavy (non-hydrogen) atoms. The van der Waals surface area contributed by atoms with Gasteiger partial charge in [0.05, 0.1) is 25.8 Å². The molecule has 2 aromatic rings. The molecule has 1 aliphatic heterocycles. The van der Waals surface area contributed by atoms with Crippen molar-refractivity contribution in [1.82, 2.24) is 9.88 Å². The van der Waals surface area contributed by atoms with Crippen LogP contribution in [0.25, 0.3) is 10.8 Å². The number of hydrogen-bond donors (Lipinski definition) is 3. The fraction of sp³-hybridized carbons (Fsp3) is 0.235. The highest BCUT2D eigenvalue weighted by Gasteiger charge is 2.34. The van der Waals surface area contributed by atoms with E-state index in [1.54, 1.807) is 24.4 Å². The van der Waals surface area contributed by atoms with Gasteiger partial charge in [0.2, 0.25) is 5.56 Å². The van der Waals surface area contributed by atoms with Crippen molar-refractivity contribution >= 4 is 28.3 Å². The summed E-state index contributed by atoms with van der Waals surface area (Å²) in [6.07, 6.45) is 1.60. The van der Waals surface area contributed by atoms with Crippen LogP contribution < -0.4 is 10.9 Å². The molecule has 1 aromatic heterocycles. The second kappa shape index (κ2) is 6.78. The standard InChI is InChI=1S/C17H17N3O5/c1-25-17(24)13-9-20(4-5-21)16(23)15(13)19-12-3-2-10-8-18-14(22)7-11(10)6-12/h2-3,6-8,19,21H,4-5,9H2,1H3,(H,18,22). The number of esters is 1. The van der Waals surface area contributed by atoms with E-state index in [0.717, 1.165) is 5.39 Å². The fourth-order valence-corrected chi connectivity index (χ4v) is 2.73. The average molecular weight is 343 g/mol. The number of pyridine rings is 1. The normalized spacial score (nSPS) is 14.3. The van der Waals surface area contributed by atoms with Gasteiger partial charge in [-0.05, 0) is 22.9 Å². The minimum Gasteiger partial charge on any atom is -0.466 e. The van der Waals surface area contributed by atoms with Gasteiger partial charge in [0.1, 0.15) is 5.70 Å². The van der Waals surface area contributed by atoms with Crippen molar-refractivity contribution in [3.8, 4) is 0 Å². The lowest BCUT2D eigenvalue weighted by Crippen LogP contribution is -2.31. The van der Waals surface area contributed by atoms with Crippen LogP contribution in [-0.2, 0) is 14.3 Å². The number of aliphatic hydroxyl groups excluding tert-OH is 1. The van der Waals surface area contributed by atoms with E-state index in [4.69, 9.17) is 9.84 Å². The summed E-state index contributed by atoms with van der Waals surface area (Å²) in [4.78, 5) is 39.8. The number of amides is 1. The Morgan fingerprint density at radius 3 is 2.84 bits per heavy atom. The molecule has 0 aliphatic carbocycles. The lowest BCUT2D eigenvalue weighted by Gasteiger charge is -2.15. The zero-order chi connectivity index (χ0) is 18.0. The van der Waals surface area contributed by atoms with E-state index < -0.39 is 5.97 Å². The van der Waals surface area contributed by atoms with Crippen LogP contribution in [0.4, 0.5) is 5.69 Å². The zero-order valence-electron chi connectivity index (χ0n) is 13.5. The van der Waals surface area contributed by atoms with E-state index in [1.807, 2.05) is 0 Å². The minimum atomic E-state index is -0.603. The molecule has 2 heterocycles. The summed E-state index contributed by atoms with van der Waals surface area (Å²) < 4.78 is 4.74. The van der Waals surface area contributed by atoms with Crippen molar-refractivity contribution in [2.24, 2.45) is 0 Å². The molecule has 0 bridgehead atoms. The summed E-state index contributed by atoms with van der Waals surface area (Å²) in [6.45, 7) is -0.00845. The van der Waals surface area contributed by atoms with Gasteiger partial charge < -0.3 is 25.0 Å². The lowest BCUT2D eigenvalue weighted by molar-refractivity contribution is -0.136. The predicted molar refractivity (Wildman–Crippen MR) is 90.9 cm³/mol. The molecule has 0 saturated heterocycles. The third kappa shape index (κ3) is 3.24. The highest BCUT2D eigenvalue weighted by molar-refractivity contribution is 6.08. The molecule has 130 valence electrons. The molecular formula is C17H17N3O5. The molecule has 8 heteroatoms. The number of aromatic nitrogens is 1. The van der Waals surface area contributed by atoms with E-state index in [9.17, 15) is 14.4 Å². The van der Waals surface area contributed by atoms with Crippen LogP contribution >= 0.6 is 0 Å². The maximum atomic E-state index is 12.5. The third-order valence-corrected chi connectivity index (χ3v) is 3.97. The number of carbonyl (C=O) groups excluding carboxylic acids is 2. The minimum absolute atomic E-state index is 0.0711. The topological polar surface area (TPSA) is 112 Å². The molecule has 1 amide bonds. The van der Waals surface area contributed by atoms with Crippen LogP contribution in [-0.4, -0.2) is 53.7 Å². The quantitative estimate of drug-likeness (QED) is 0.669. The molecule has 0 unspecified atom stereocenters. The Morgan fingerprint density at radius 1 is 1.32 bits per heavy atom. The van der Waals surface area contributed by atoms with Crippen molar-refractivity contribution in [3.05, 3.63) is 52.1 Å². The number of β-amino-alcohol motifs (C(OH)–C–C–N with tert-alkyl or cyclic N) is 1. The van der Waals surface area contributed by atoms with Crippen molar-refractivity contribution in [1.29, 1.82) is 0 Å². The Kier molecular flexibility index (Phi) is 4.53. The number of anilines is 1. The van der Waals surface area contributed by atoms with Gasteiger partial charge in [0.15, 0.2) is 0 Å². The Hall–Kier alpha value is -3.13. The van der Waals surface area contributed by atoms with E-state index >= 15 is 0 Å². The number of nitrogens with zero attached hydrogens (tertiary/aromatic N) is 1. The van der Waals surface area contributed by atoms with Gasteiger partial charge in [-0.1, -0.05) is 6.07 Å². The maximum Gasteiger partial charge on any atom is 0.337 e. The molecule has 0 fully saturated rings. The zero-order valence-corrected chi connectivity index (χ0v) is 13.5. The smallest absolute Gasteiger partial charge is 0.337 e. The number of aromatic amines is 1. The Bertz CT molecular complexity index is 931. The Morgan fingerprint density at radius 2 is 2.12 bits per heavy atom. The molecular weight excluding hydrogens is 326 g/mol. The van der Waals surface area contributed by atoms with Crippen molar-refractivity contribution in [2.45, 2.75) is 0 Å². The number of fused-ring (bicyclic) bond motifs is 1. The summed E-state index contributed by atoms with van der Waals surface area (Å²) in [7, 11) is 1.24. The second-order valence-corrected chi connectivity index (χ2v) is 5.56. The number of carbonyl (C=O) groups is 2. The number of H-pyrrole nitrogens is 1. The molecule has 1 aromatic carbocycles. The molecule has 3 N–H and O–H groups in total. The van der Waals surface area contributed by atoms with Gasteiger partial charge in [-0.3, -0.25) is 9.59 Å². The van der Waals surface area contributed by atoms with Crippen molar-refractivity contribution in [3.63, 3.8) is 0 Å². The first-order valence-corrected chi connectivity index (χ1v) is 7.64. The van der Waals surface area contributed by atoms with Crippen LogP contribution in [0.5, 0.6) is 0 Å². The molecule has 0 saturated carbocycles. The Labute approximate surface area is 142 Å². The highest BCUT2D eigenvalue weighted by Crippen LogP contribution is 2.24. The van der Waals surface area contributed by atoms with E-state index in [0.29, 0.717) is 11.1 Å². The average Bonchev–Trinajstić information content (AvgIpc) is 2.91. The van der Waals surface area contributed by atoms with E-state index in [-0.39, 0.29) is 42.4 Å². The number of nitrogens with one attached hydrogen (secondary N) is 2. The van der Waals surface area contributed by atoms with E-state index in [1.165, 1.54) is 18.1 Å². The molecule has 0 spiro atoms. The first kappa shape index (κ1) is 16.7. The van der Waals surface area contributed by atoms with Crippen LogP contribution in [0, 0.1) is 0 Å². The van der Waals surface area contributed by atoms with Gasteiger partial charge in [0.25, 0.3) is 5.91 Å². The van der Waals surface area contributed by atoms with E-state index in [2.05, 4.69) is 10.3 Å². The molecule has 0 radical (unpaired) electrons. The highest BCUT2D eigenvalue weighted by atomic mass is 16.5. The predicted octanol–water partition coefficient (Wildman–Crippen LogP) is 0.202. The second-order valence-electron chi connectivity index (χ2n) is 5.56. The molecule has 3 rings (SSSR count). The van der Waals surface area contributed by atoms with Crippen molar-refractivity contribution in [2.75, 3.05) is 32.1 Å². The summed E-state index contributed by atoms with van der Waals surface area (Å²) >= 11 is 0. The molecule has 0 atom stereocenters. The SMILES string of the molecule is COC(=O)C1=C(Nc2ccc3c[nH]c(=O)cc3c2)C(=O)N(CCO)C1. The largest absolute Gasteiger partial charge is 0.466 e. The van der Waals surface area contributed by atoms with Gasteiger partial charge in [-0.2, -0.15) is 0 Å². The summed E-state index contributed by atoms with van der Waals surface area (Å²) in [5, 5.41) is 13.6. The van der Waals surface area contributed by atoms with Gasteiger partial charge in [0, 0.05) is 24.5 Å². The number of hydrogen-bond acceptors (Lipinski definition) is 6. The number of methoxy groups -OCH3 is 1. The van der Waals surface area contributed by atoms with Gasteiger partial charge >= 0.3 is 5.97 Å². The third-order valence-electron chi connectivity index (χ3n) is 3.97. The number of aliphatic hydroxyl groups is 1. The Balaban J connectivity index is 1.96. The lowest BCUT2D eigenvalue weighted by atomic mass is 10.1. The van der Waals surface area contributed by atoms with Crippen LogP contribution in [0.1, 0.15) is 0 Å². The summed E-state index contributed by atoms with van der Waals surface area (Å²) in [6, 6.07) is 6.69. The summed E-state index contributed by atoms with van der Waals surface area (Å²) in [5.74, 6) is -0.992. The first-order chi connectivity index (χ1) is 12.0.